The van der Waals surface area contributed by atoms with E-state index in [0.717, 1.165) is 31.3 Å². The third-order valence-electron chi connectivity index (χ3n) is 3.68. The molecule has 0 saturated carbocycles. The highest BCUT2D eigenvalue weighted by molar-refractivity contribution is 6.30. The Morgan fingerprint density at radius 3 is 2.80 bits per heavy atom. The third-order valence-corrected chi connectivity index (χ3v) is 3.92. The van der Waals surface area contributed by atoms with Crippen LogP contribution in [0.3, 0.4) is 0 Å². The molecule has 20 heavy (non-hydrogen) atoms. The van der Waals surface area contributed by atoms with E-state index in [0.29, 0.717) is 6.04 Å². The molecule has 0 aromatic heterocycles. The first-order valence-electron chi connectivity index (χ1n) is 7.27. The van der Waals surface area contributed by atoms with Crippen LogP contribution in [-0.2, 0) is 11.3 Å². The summed E-state index contributed by atoms with van der Waals surface area (Å²) in [4.78, 5) is 2.42. The second kappa shape index (κ2) is 6.33. The Morgan fingerprint density at radius 2 is 2.15 bits per heavy atom. The minimum absolute atomic E-state index is 0.00445. The summed E-state index contributed by atoms with van der Waals surface area (Å²) in [6.45, 7) is 12.0. The monoisotopic (exact) mass is 296 g/mol. The Kier molecular flexibility index (Phi) is 4.95. The standard InChI is InChI=1S/C16H25ClN2O/c1-12(2)18-10-13-5-6-14(17)9-15(13)19-7-8-20-11-16(19,3)4/h5-6,9,12,18H,7-8,10-11H2,1-4H3. The summed E-state index contributed by atoms with van der Waals surface area (Å²) in [5, 5.41) is 4.27. The van der Waals surface area contributed by atoms with E-state index < -0.39 is 0 Å². The summed E-state index contributed by atoms with van der Waals surface area (Å²) in [5.74, 6) is 0. The smallest absolute Gasteiger partial charge is 0.0694 e. The molecule has 1 aromatic rings. The Balaban J connectivity index is 2.30. The molecule has 0 radical (unpaired) electrons. The van der Waals surface area contributed by atoms with Crippen LogP contribution in [0.25, 0.3) is 0 Å². The van der Waals surface area contributed by atoms with E-state index >= 15 is 0 Å². The fraction of sp³-hybridized carbons (Fsp3) is 0.625. The first-order valence-corrected chi connectivity index (χ1v) is 7.65. The molecular weight excluding hydrogens is 272 g/mol. The van der Waals surface area contributed by atoms with Gasteiger partial charge in [0.25, 0.3) is 0 Å². The van der Waals surface area contributed by atoms with Crippen molar-refractivity contribution in [3.8, 4) is 0 Å². The molecule has 1 aromatic carbocycles. The first kappa shape index (κ1) is 15.6. The van der Waals surface area contributed by atoms with Crippen molar-refractivity contribution >= 4 is 17.3 Å². The summed E-state index contributed by atoms with van der Waals surface area (Å²) in [7, 11) is 0. The summed E-state index contributed by atoms with van der Waals surface area (Å²) in [6, 6.07) is 6.64. The molecular formula is C16H25ClN2O. The van der Waals surface area contributed by atoms with E-state index in [9.17, 15) is 0 Å². The van der Waals surface area contributed by atoms with Crippen molar-refractivity contribution in [2.75, 3.05) is 24.7 Å². The summed E-state index contributed by atoms with van der Waals surface area (Å²) < 4.78 is 5.61. The molecule has 0 spiro atoms. The van der Waals surface area contributed by atoms with Gasteiger partial charge in [-0.2, -0.15) is 0 Å². The Labute approximate surface area is 127 Å². The van der Waals surface area contributed by atoms with Gasteiger partial charge in [0.1, 0.15) is 0 Å². The molecule has 0 bridgehead atoms. The number of nitrogens with zero attached hydrogens (tertiary/aromatic N) is 1. The van der Waals surface area contributed by atoms with Gasteiger partial charge in [0.2, 0.25) is 0 Å². The number of rotatable bonds is 4. The fourth-order valence-corrected chi connectivity index (χ4v) is 2.72. The van der Waals surface area contributed by atoms with Gasteiger partial charge in [0.05, 0.1) is 18.8 Å². The minimum atomic E-state index is -0.00445. The van der Waals surface area contributed by atoms with Crippen molar-refractivity contribution in [1.82, 2.24) is 5.32 Å². The Morgan fingerprint density at radius 1 is 1.40 bits per heavy atom. The van der Waals surface area contributed by atoms with E-state index in [1.165, 1.54) is 11.3 Å². The van der Waals surface area contributed by atoms with Gasteiger partial charge >= 0.3 is 0 Å². The van der Waals surface area contributed by atoms with Crippen LogP contribution in [0.1, 0.15) is 33.3 Å². The molecule has 3 nitrogen and oxygen atoms in total. The van der Waals surface area contributed by atoms with Gasteiger partial charge in [0, 0.05) is 29.8 Å². The number of hydrogen-bond acceptors (Lipinski definition) is 3. The number of morpholine rings is 1. The second-order valence-electron chi connectivity index (χ2n) is 6.33. The van der Waals surface area contributed by atoms with Crippen molar-refractivity contribution in [2.24, 2.45) is 0 Å². The lowest BCUT2D eigenvalue weighted by Crippen LogP contribution is -2.53. The van der Waals surface area contributed by atoms with Gasteiger partial charge in [-0.1, -0.05) is 31.5 Å². The predicted octanol–water partition coefficient (Wildman–Crippen LogP) is 3.45. The Hall–Kier alpha value is -0.770. The average Bonchev–Trinajstić information content (AvgIpc) is 2.36. The number of ether oxygens (including phenoxy) is 1. The Bertz CT molecular complexity index is 460. The maximum atomic E-state index is 6.21. The number of hydrogen-bond donors (Lipinski definition) is 1. The highest BCUT2D eigenvalue weighted by Crippen LogP contribution is 2.32. The molecule has 1 saturated heterocycles. The summed E-state index contributed by atoms with van der Waals surface area (Å²) in [5.41, 5.74) is 2.51. The molecule has 1 heterocycles. The molecule has 112 valence electrons. The molecule has 0 aliphatic carbocycles. The lowest BCUT2D eigenvalue weighted by atomic mass is 9.99. The van der Waals surface area contributed by atoms with Crippen molar-refractivity contribution in [1.29, 1.82) is 0 Å². The topological polar surface area (TPSA) is 24.5 Å². The van der Waals surface area contributed by atoms with Gasteiger partial charge in [-0.05, 0) is 31.5 Å². The van der Waals surface area contributed by atoms with E-state index in [1.807, 2.05) is 6.07 Å². The van der Waals surface area contributed by atoms with Crippen LogP contribution in [0.4, 0.5) is 5.69 Å². The van der Waals surface area contributed by atoms with E-state index in [2.05, 4.69) is 50.0 Å². The van der Waals surface area contributed by atoms with Crippen LogP contribution in [0, 0.1) is 0 Å². The zero-order valence-corrected chi connectivity index (χ0v) is 13.6. The van der Waals surface area contributed by atoms with E-state index in [1.54, 1.807) is 0 Å². The molecule has 1 aliphatic rings. The van der Waals surface area contributed by atoms with Crippen LogP contribution in [0.5, 0.6) is 0 Å². The summed E-state index contributed by atoms with van der Waals surface area (Å²) in [6.07, 6.45) is 0. The number of anilines is 1. The average molecular weight is 297 g/mol. The summed E-state index contributed by atoms with van der Waals surface area (Å²) >= 11 is 6.21. The lowest BCUT2D eigenvalue weighted by molar-refractivity contribution is 0.0643. The number of nitrogens with one attached hydrogen (secondary N) is 1. The number of benzene rings is 1. The van der Waals surface area contributed by atoms with Crippen LogP contribution < -0.4 is 10.2 Å². The molecule has 1 fully saturated rings. The number of halogens is 1. The van der Waals surface area contributed by atoms with Crippen LogP contribution >= 0.6 is 11.6 Å². The van der Waals surface area contributed by atoms with Crippen LogP contribution in [-0.4, -0.2) is 31.3 Å². The molecule has 0 amide bonds. The van der Waals surface area contributed by atoms with Gasteiger partial charge in [0.15, 0.2) is 0 Å². The van der Waals surface area contributed by atoms with Crippen LogP contribution in [0.15, 0.2) is 18.2 Å². The normalized spacial score (nSPS) is 18.6. The molecule has 2 rings (SSSR count). The van der Waals surface area contributed by atoms with Crippen molar-refractivity contribution in [2.45, 2.75) is 45.8 Å². The molecule has 1 N–H and O–H groups in total. The second-order valence-corrected chi connectivity index (χ2v) is 6.76. The van der Waals surface area contributed by atoms with E-state index in [4.69, 9.17) is 16.3 Å². The maximum Gasteiger partial charge on any atom is 0.0694 e. The van der Waals surface area contributed by atoms with Crippen molar-refractivity contribution < 1.29 is 4.74 Å². The van der Waals surface area contributed by atoms with Crippen molar-refractivity contribution in [3.05, 3.63) is 28.8 Å². The maximum absolute atomic E-state index is 6.21. The quantitative estimate of drug-likeness (QED) is 0.921. The van der Waals surface area contributed by atoms with Gasteiger partial charge in [-0.25, -0.2) is 0 Å². The van der Waals surface area contributed by atoms with Crippen LogP contribution in [0.2, 0.25) is 5.02 Å². The van der Waals surface area contributed by atoms with Gasteiger partial charge < -0.3 is 15.0 Å². The zero-order chi connectivity index (χ0) is 14.8. The predicted molar refractivity (Wildman–Crippen MR) is 85.7 cm³/mol. The SMILES string of the molecule is CC(C)NCc1ccc(Cl)cc1N1CCOCC1(C)C. The molecule has 0 unspecified atom stereocenters. The first-order chi connectivity index (χ1) is 9.40. The highest BCUT2D eigenvalue weighted by atomic mass is 35.5. The third kappa shape index (κ3) is 3.66. The minimum Gasteiger partial charge on any atom is -0.377 e. The zero-order valence-electron chi connectivity index (χ0n) is 12.9. The molecule has 0 atom stereocenters. The van der Waals surface area contributed by atoms with E-state index in [-0.39, 0.29) is 5.54 Å². The van der Waals surface area contributed by atoms with Crippen molar-refractivity contribution in [3.63, 3.8) is 0 Å². The lowest BCUT2D eigenvalue weighted by Gasteiger charge is -2.44. The van der Waals surface area contributed by atoms with Gasteiger partial charge in [-0.15, -0.1) is 0 Å². The highest BCUT2D eigenvalue weighted by Gasteiger charge is 2.31. The fourth-order valence-electron chi connectivity index (χ4n) is 2.56. The van der Waals surface area contributed by atoms with Gasteiger partial charge in [-0.3, -0.25) is 0 Å². The molecule has 4 heteroatoms. The largest absolute Gasteiger partial charge is 0.377 e. The molecule has 1 aliphatic heterocycles.